The maximum atomic E-state index is 5.30. The molecule has 0 amide bonds. The van der Waals surface area contributed by atoms with Gasteiger partial charge >= 0.3 is 0 Å². The molecule has 1 rings (SSSR count). The van der Waals surface area contributed by atoms with E-state index in [9.17, 15) is 0 Å². The van der Waals surface area contributed by atoms with Crippen molar-refractivity contribution in [1.29, 1.82) is 0 Å². The molecule has 14 heavy (non-hydrogen) atoms. The van der Waals surface area contributed by atoms with Gasteiger partial charge in [0.25, 0.3) is 0 Å². The van der Waals surface area contributed by atoms with Crippen molar-refractivity contribution in [2.75, 3.05) is 19.8 Å². The summed E-state index contributed by atoms with van der Waals surface area (Å²) in [5.41, 5.74) is 0. The van der Waals surface area contributed by atoms with Crippen molar-refractivity contribution >= 4 is 0 Å². The van der Waals surface area contributed by atoms with Gasteiger partial charge in [0.05, 0.1) is 0 Å². The van der Waals surface area contributed by atoms with Crippen LogP contribution in [0.5, 0.6) is 0 Å². The molecule has 0 aliphatic heterocycles. The van der Waals surface area contributed by atoms with Crippen molar-refractivity contribution < 1.29 is 4.74 Å². The van der Waals surface area contributed by atoms with Gasteiger partial charge in [0, 0.05) is 19.3 Å². The predicted octanol–water partition coefficient (Wildman–Crippen LogP) is 2.58. The minimum Gasteiger partial charge on any atom is -0.382 e. The second-order valence-corrected chi connectivity index (χ2v) is 4.29. The lowest BCUT2D eigenvalue weighted by atomic mass is 10.1. The smallest absolute Gasteiger partial charge is 0.0477 e. The predicted molar refractivity (Wildman–Crippen MR) is 60.5 cm³/mol. The standard InChI is InChI=1S/C12H25NO/c1-3-11-6-7-12(10-11)13-8-5-9-14-4-2/h11-13H,3-10H2,1-2H3. The van der Waals surface area contributed by atoms with Crippen molar-refractivity contribution in [2.24, 2.45) is 5.92 Å². The maximum Gasteiger partial charge on any atom is 0.0477 e. The maximum absolute atomic E-state index is 5.30. The summed E-state index contributed by atoms with van der Waals surface area (Å²) in [4.78, 5) is 0. The highest BCUT2D eigenvalue weighted by atomic mass is 16.5. The Morgan fingerprint density at radius 2 is 2.14 bits per heavy atom. The summed E-state index contributed by atoms with van der Waals surface area (Å²) in [7, 11) is 0. The molecule has 2 atom stereocenters. The van der Waals surface area contributed by atoms with Crippen molar-refractivity contribution in [1.82, 2.24) is 5.32 Å². The minimum atomic E-state index is 0.793. The molecule has 0 spiro atoms. The topological polar surface area (TPSA) is 21.3 Å². The van der Waals surface area contributed by atoms with E-state index in [4.69, 9.17) is 4.74 Å². The Balaban J connectivity index is 1.92. The van der Waals surface area contributed by atoms with Crippen LogP contribution in [0.25, 0.3) is 0 Å². The van der Waals surface area contributed by atoms with Crippen LogP contribution < -0.4 is 5.32 Å². The van der Waals surface area contributed by atoms with Crippen LogP contribution in [0.2, 0.25) is 0 Å². The molecule has 0 aromatic carbocycles. The average Bonchev–Trinajstić information content (AvgIpc) is 2.65. The zero-order valence-corrected chi connectivity index (χ0v) is 9.72. The van der Waals surface area contributed by atoms with Crippen LogP contribution in [0.15, 0.2) is 0 Å². The first-order valence-corrected chi connectivity index (χ1v) is 6.18. The van der Waals surface area contributed by atoms with Gasteiger partial charge in [-0.05, 0) is 45.1 Å². The summed E-state index contributed by atoms with van der Waals surface area (Å²) in [6.07, 6.45) is 6.72. The number of ether oxygens (including phenoxy) is 1. The van der Waals surface area contributed by atoms with Gasteiger partial charge in [-0.1, -0.05) is 13.3 Å². The lowest BCUT2D eigenvalue weighted by Crippen LogP contribution is -2.28. The van der Waals surface area contributed by atoms with E-state index in [1.807, 2.05) is 0 Å². The molecule has 0 radical (unpaired) electrons. The first kappa shape index (κ1) is 12.0. The summed E-state index contributed by atoms with van der Waals surface area (Å²) in [5.74, 6) is 0.986. The fourth-order valence-corrected chi connectivity index (χ4v) is 2.26. The van der Waals surface area contributed by atoms with Gasteiger partial charge in [0.1, 0.15) is 0 Å². The molecule has 0 saturated heterocycles. The Hall–Kier alpha value is -0.0800. The number of rotatable bonds is 7. The summed E-state index contributed by atoms with van der Waals surface area (Å²) in [6.45, 7) is 7.24. The van der Waals surface area contributed by atoms with E-state index in [2.05, 4.69) is 19.2 Å². The zero-order chi connectivity index (χ0) is 10.2. The number of nitrogens with one attached hydrogen (secondary N) is 1. The molecule has 2 nitrogen and oxygen atoms in total. The normalized spacial score (nSPS) is 27.0. The molecule has 1 aliphatic rings. The van der Waals surface area contributed by atoms with E-state index >= 15 is 0 Å². The van der Waals surface area contributed by atoms with Gasteiger partial charge in [-0.3, -0.25) is 0 Å². The van der Waals surface area contributed by atoms with Crippen LogP contribution in [0.1, 0.15) is 46.0 Å². The monoisotopic (exact) mass is 199 g/mol. The fraction of sp³-hybridized carbons (Fsp3) is 1.00. The van der Waals surface area contributed by atoms with E-state index in [1.54, 1.807) is 0 Å². The van der Waals surface area contributed by atoms with Gasteiger partial charge in [0.2, 0.25) is 0 Å². The third-order valence-electron chi connectivity index (χ3n) is 3.22. The Morgan fingerprint density at radius 1 is 1.29 bits per heavy atom. The van der Waals surface area contributed by atoms with E-state index < -0.39 is 0 Å². The third-order valence-corrected chi connectivity index (χ3v) is 3.22. The molecular weight excluding hydrogens is 174 g/mol. The molecule has 0 heterocycles. The molecule has 0 aromatic heterocycles. The average molecular weight is 199 g/mol. The Bertz CT molecular complexity index is 138. The molecule has 1 fully saturated rings. The Kier molecular flexibility index (Phi) is 6.20. The fourth-order valence-electron chi connectivity index (χ4n) is 2.26. The van der Waals surface area contributed by atoms with Crippen molar-refractivity contribution in [3.8, 4) is 0 Å². The number of hydrogen-bond donors (Lipinski definition) is 1. The van der Waals surface area contributed by atoms with Gasteiger partial charge in [-0.15, -0.1) is 0 Å². The first-order valence-electron chi connectivity index (χ1n) is 6.18. The van der Waals surface area contributed by atoms with Crippen LogP contribution in [0.4, 0.5) is 0 Å². The highest BCUT2D eigenvalue weighted by molar-refractivity contribution is 4.79. The van der Waals surface area contributed by atoms with Gasteiger partial charge < -0.3 is 10.1 Å². The first-order chi connectivity index (χ1) is 6.86. The molecule has 2 unspecified atom stereocenters. The van der Waals surface area contributed by atoms with Gasteiger partial charge in [-0.2, -0.15) is 0 Å². The van der Waals surface area contributed by atoms with Crippen molar-refractivity contribution in [3.63, 3.8) is 0 Å². The Labute approximate surface area is 88.4 Å². The molecule has 0 aromatic rings. The largest absolute Gasteiger partial charge is 0.382 e. The second-order valence-electron chi connectivity index (χ2n) is 4.29. The molecule has 2 heteroatoms. The SMILES string of the molecule is CCOCCCNC1CCC(CC)C1. The zero-order valence-electron chi connectivity index (χ0n) is 9.72. The molecule has 84 valence electrons. The summed E-state index contributed by atoms with van der Waals surface area (Å²) in [5, 5.41) is 3.62. The molecular formula is C12H25NO. The van der Waals surface area contributed by atoms with Crippen LogP contribution in [-0.2, 0) is 4.74 Å². The summed E-state index contributed by atoms with van der Waals surface area (Å²) in [6, 6.07) is 0.793. The van der Waals surface area contributed by atoms with E-state index in [0.29, 0.717) is 0 Å². The van der Waals surface area contributed by atoms with Crippen LogP contribution in [0.3, 0.4) is 0 Å². The Morgan fingerprint density at radius 3 is 2.79 bits per heavy atom. The highest BCUT2D eigenvalue weighted by Gasteiger charge is 2.22. The van der Waals surface area contributed by atoms with Gasteiger partial charge in [-0.25, -0.2) is 0 Å². The van der Waals surface area contributed by atoms with E-state index in [0.717, 1.165) is 38.1 Å². The lowest BCUT2D eigenvalue weighted by molar-refractivity contribution is 0.144. The van der Waals surface area contributed by atoms with Crippen molar-refractivity contribution in [3.05, 3.63) is 0 Å². The quantitative estimate of drug-likeness (QED) is 0.636. The second kappa shape index (κ2) is 7.24. The number of hydrogen-bond acceptors (Lipinski definition) is 2. The minimum absolute atomic E-state index is 0.793. The van der Waals surface area contributed by atoms with Crippen LogP contribution >= 0.6 is 0 Å². The highest BCUT2D eigenvalue weighted by Crippen LogP contribution is 2.27. The van der Waals surface area contributed by atoms with E-state index in [-0.39, 0.29) is 0 Å². The summed E-state index contributed by atoms with van der Waals surface area (Å²) < 4.78 is 5.30. The van der Waals surface area contributed by atoms with Gasteiger partial charge in [0.15, 0.2) is 0 Å². The van der Waals surface area contributed by atoms with Crippen molar-refractivity contribution in [2.45, 2.75) is 52.0 Å². The van der Waals surface area contributed by atoms with Crippen LogP contribution in [-0.4, -0.2) is 25.8 Å². The molecule has 1 saturated carbocycles. The molecule has 1 N–H and O–H groups in total. The van der Waals surface area contributed by atoms with E-state index in [1.165, 1.54) is 25.7 Å². The van der Waals surface area contributed by atoms with Crippen LogP contribution in [0, 0.1) is 5.92 Å². The molecule has 1 aliphatic carbocycles. The third kappa shape index (κ3) is 4.43. The molecule has 0 bridgehead atoms. The summed E-state index contributed by atoms with van der Waals surface area (Å²) >= 11 is 0. The lowest BCUT2D eigenvalue weighted by Gasteiger charge is -2.12.